The van der Waals surface area contributed by atoms with E-state index in [4.69, 9.17) is 9.47 Å². The summed E-state index contributed by atoms with van der Waals surface area (Å²) in [5, 5.41) is 3.79. The summed E-state index contributed by atoms with van der Waals surface area (Å²) in [6.07, 6.45) is -0.0678. The van der Waals surface area contributed by atoms with Gasteiger partial charge in [-0.3, -0.25) is 25.2 Å². The number of nitrogens with one attached hydrogen (secondary N) is 3. The zero-order valence-electron chi connectivity index (χ0n) is 20.0. The maximum Gasteiger partial charge on any atom is 0.258 e. The maximum absolute atomic E-state index is 12.7. The predicted octanol–water partition coefficient (Wildman–Crippen LogP) is 3.28. The van der Waals surface area contributed by atoms with Crippen molar-refractivity contribution in [1.29, 1.82) is 0 Å². The molecule has 0 aliphatic carbocycles. The van der Waals surface area contributed by atoms with E-state index in [0.29, 0.717) is 18.0 Å². The van der Waals surface area contributed by atoms with Crippen LogP contribution in [0.15, 0.2) is 78.9 Å². The second kappa shape index (κ2) is 10.9. The molecule has 0 saturated carbocycles. The summed E-state index contributed by atoms with van der Waals surface area (Å²) in [6.45, 7) is 0.517. The first-order chi connectivity index (χ1) is 18.1. The Bertz CT molecular complexity index is 1450. The SMILES string of the molecule is O=C(CCC(=O)NNC(=O)Cn1c(-c2ccccc2)cc2ccccc21)NCc1ccc2c(c1)OCO2. The average molecular weight is 499 g/mol. The van der Waals surface area contributed by atoms with Gasteiger partial charge in [0.25, 0.3) is 5.91 Å². The monoisotopic (exact) mass is 498 g/mol. The van der Waals surface area contributed by atoms with Crippen LogP contribution in [-0.4, -0.2) is 29.1 Å². The Balaban J connectivity index is 1.10. The molecule has 0 fully saturated rings. The minimum atomic E-state index is -0.452. The molecular weight excluding hydrogens is 472 g/mol. The first-order valence-electron chi connectivity index (χ1n) is 11.9. The maximum atomic E-state index is 12.7. The third kappa shape index (κ3) is 5.72. The lowest BCUT2D eigenvalue weighted by Gasteiger charge is -2.12. The number of amides is 3. The Kier molecular flexibility index (Phi) is 7.02. The largest absolute Gasteiger partial charge is 0.454 e. The summed E-state index contributed by atoms with van der Waals surface area (Å²) < 4.78 is 12.5. The summed E-state index contributed by atoms with van der Waals surface area (Å²) in [6, 6.07) is 25.1. The van der Waals surface area contributed by atoms with Crippen LogP contribution in [0, 0.1) is 0 Å². The van der Waals surface area contributed by atoms with E-state index < -0.39 is 5.91 Å². The first kappa shape index (κ1) is 23.9. The predicted molar refractivity (Wildman–Crippen MR) is 137 cm³/mol. The van der Waals surface area contributed by atoms with Crippen LogP contribution in [0.25, 0.3) is 22.2 Å². The number of para-hydroxylation sites is 1. The summed E-state index contributed by atoms with van der Waals surface area (Å²) in [7, 11) is 0. The highest BCUT2D eigenvalue weighted by Gasteiger charge is 2.15. The first-order valence-corrected chi connectivity index (χ1v) is 11.9. The van der Waals surface area contributed by atoms with Crippen molar-refractivity contribution in [1.82, 2.24) is 20.7 Å². The zero-order valence-corrected chi connectivity index (χ0v) is 20.0. The number of rotatable bonds is 8. The summed E-state index contributed by atoms with van der Waals surface area (Å²) in [5.41, 5.74) is 8.52. The molecule has 0 saturated heterocycles. The van der Waals surface area contributed by atoms with Gasteiger partial charge in [-0.15, -0.1) is 0 Å². The van der Waals surface area contributed by atoms with Crippen molar-refractivity contribution in [2.24, 2.45) is 0 Å². The van der Waals surface area contributed by atoms with Gasteiger partial charge >= 0.3 is 0 Å². The molecule has 3 N–H and O–H groups in total. The van der Waals surface area contributed by atoms with Crippen LogP contribution in [0.3, 0.4) is 0 Å². The zero-order chi connectivity index (χ0) is 25.6. The highest BCUT2D eigenvalue weighted by Crippen LogP contribution is 2.32. The average Bonchev–Trinajstić information content (AvgIpc) is 3.54. The molecule has 5 rings (SSSR count). The molecule has 0 bridgehead atoms. The fourth-order valence-corrected chi connectivity index (χ4v) is 4.18. The molecule has 0 radical (unpaired) electrons. The van der Waals surface area contributed by atoms with Gasteiger partial charge in [-0.2, -0.15) is 0 Å². The third-order valence-corrected chi connectivity index (χ3v) is 6.03. The molecule has 9 heteroatoms. The molecule has 9 nitrogen and oxygen atoms in total. The third-order valence-electron chi connectivity index (χ3n) is 6.03. The highest BCUT2D eigenvalue weighted by atomic mass is 16.7. The molecule has 3 aromatic carbocycles. The van der Waals surface area contributed by atoms with Crippen molar-refractivity contribution in [3.63, 3.8) is 0 Å². The normalized spacial score (nSPS) is 11.8. The molecule has 0 unspecified atom stereocenters. The van der Waals surface area contributed by atoms with Crippen molar-refractivity contribution in [3.8, 4) is 22.8 Å². The van der Waals surface area contributed by atoms with Crippen LogP contribution in [0.1, 0.15) is 18.4 Å². The number of carbonyl (C=O) groups excluding carboxylic acids is 3. The van der Waals surface area contributed by atoms with E-state index in [1.165, 1.54) is 0 Å². The van der Waals surface area contributed by atoms with Crippen molar-refractivity contribution in [2.45, 2.75) is 25.9 Å². The number of hydrogen-bond acceptors (Lipinski definition) is 5. The number of carbonyl (C=O) groups is 3. The van der Waals surface area contributed by atoms with E-state index in [9.17, 15) is 14.4 Å². The summed E-state index contributed by atoms with van der Waals surface area (Å²) in [5.74, 6) is 0.220. The minimum absolute atomic E-state index is 0.00729. The van der Waals surface area contributed by atoms with Crippen LogP contribution in [0.4, 0.5) is 0 Å². The van der Waals surface area contributed by atoms with Crippen LogP contribution in [0.2, 0.25) is 0 Å². The number of nitrogens with zero attached hydrogens (tertiary/aromatic N) is 1. The van der Waals surface area contributed by atoms with E-state index in [0.717, 1.165) is 27.7 Å². The van der Waals surface area contributed by atoms with Gasteiger partial charge in [-0.05, 0) is 35.4 Å². The molecule has 1 aromatic heterocycles. The second-order valence-corrected chi connectivity index (χ2v) is 8.60. The number of hydrogen-bond donors (Lipinski definition) is 3. The summed E-state index contributed by atoms with van der Waals surface area (Å²) >= 11 is 0. The number of hydrazine groups is 1. The van der Waals surface area contributed by atoms with Crippen molar-refractivity contribution >= 4 is 28.6 Å². The van der Waals surface area contributed by atoms with Gasteiger partial charge in [0.2, 0.25) is 18.6 Å². The molecular formula is C28H26N4O5. The Morgan fingerprint density at radius 2 is 1.49 bits per heavy atom. The molecule has 1 aliphatic rings. The summed E-state index contributed by atoms with van der Waals surface area (Å²) in [4.78, 5) is 37.1. The number of fused-ring (bicyclic) bond motifs is 2. The van der Waals surface area contributed by atoms with E-state index in [1.54, 1.807) is 6.07 Å². The lowest BCUT2D eigenvalue weighted by molar-refractivity contribution is -0.130. The van der Waals surface area contributed by atoms with Crippen molar-refractivity contribution in [3.05, 3.63) is 84.4 Å². The molecule has 188 valence electrons. The van der Waals surface area contributed by atoms with Gasteiger partial charge in [0, 0.05) is 36.0 Å². The fraction of sp³-hybridized carbons (Fsp3) is 0.179. The van der Waals surface area contributed by atoms with Gasteiger partial charge in [-0.1, -0.05) is 54.6 Å². The molecule has 0 spiro atoms. The second-order valence-electron chi connectivity index (χ2n) is 8.60. The van der Waals surface area contributed by atoms with E-state index >= 15 is 0 Å². The van der Waals surface area contributed by atoms with Crippen molar-refractivity contribution < 1.29 is 23.9 Å². The molecule has 1 aliphatic heterocycles. The van der Waals surface area contributed by atoms with Crippen molar-refractivity contribution in [2.75, 3.05) is 6.79 Å². The van der Waals surface area contributed by atoms with Gasteiger partial charge in [-0.25, -0.2) is 0 Å². The number of ether oxygens (including phenoxy) is 2. The number of benzene rings is 3. The van der Waals surface area contributed by atoms with Crippen LogP contribution in [-0.2, 0) is 27.5 Å². The Morgan fingerprint density at radius 1 is 0.757 bits per heavy atom. The molecule has 4 aromatic rings. The Labute approximate surface area is 213 Å². The minimum Gasteiger partial charge on any atom is -0.454 e. The van der Waals surface area contributed by atoms with E-state index in [1.807, 2.05) is 77.4 Å². The Morgan fingerprint density at radius 3 is 2.35 bits per heavy atom. The fourth-order valence-electron chi connectivity index (χ4n) is 4.18. The molecule has 0 atom stereocenters. The van der Waals surface area contributed by atoms with Gasteiger partial charge in [0.15, 0.2) is 11.5 Å². The number of aromatic nitrogens is 1. The molecule has 37 heavy (non-hydrogen) atoms. The van der Waals surface area contributed by atoms with Crippen LogP contribution in [0.5, 0.6) is 11.5 Å². The topological polar surface area (TPSA) is 111 Å². The van der Waals surface area contributed by atoms with Gasteiger partial charge < -0.3 is 19.4 Å². The Hall–Kier alpha value is -4.79. The lowest BCUT2D eigenvalue weighted by Crippen LogP contribution is -2.43. The molecule has 2 heterocycles. The quantitative estimate of drug-likeness (QED) is 0.323. The van der Waals surface area contributed by atoms with E-state index in [-0.39, 0.29) is 38.0 Å². The highest BCUT2D eigenvalue weighted by molar-refractivity contribution is 5.90. The van der Waals surface area contributed by atoms with E-state index in [2.05, 4.69) is 16.2 Å². The van der Waals surface area contributed by atoms with Gasteiger partial charge in [0.05, 0.1) is 0 Å². The van der Waals surface area contributed by atoms with Crippen LogP contribution >= 0.6 is 0 Å². The van der Waals surface area contributed by atoms with Crippen LogP contribution < -0.4 is 25.6 Å². The van der Waals surface area contributed by atoms with Gasteiger partial charge in [0.1, 0.15) is 6.54 Å². The lowest BCUT2D eigenvalue weighted by atomic mass is 10.1. The standard InChI is InChI=1S/C28H26N4O5/c33-26(29-16-19-10-11-24-25(14-19)37-18-36-24)12-13-27(34)30-31-28(35)17-32-22-9-5-4-8-21(22)15-23(32)20-6-2-1-3-7-20/h1-11,14-15H,12-13,16-18H2,(H,29,33)(H,30,34)(H,31,35). The smallest absolute Gasteiger partial charge is 0.258 e. The molecule has 3 amide bonds.